The summed E-state index contributed by atoms with van der Waals surface area (Å²) in [6.45, 7) is 4.14. The standard InChI is InChI=1S/C14H23N3O4S2/c1-3-11(2)17-13(19)6-8-15-12(18)7-9-16-23(20,21)14-5-4-10-22-14/h4-5,10-11,16H,3,6-9H2,1-2H3,(H,15,18)(H,17,19)/t11-/m0/s1. The van der Waals surface area contributed by atoms with E-state index in [1.807, 2.05) is 13.8 Å². The Morgan fingerprint density at radius 2 is 1.91 bits per heavy atom. The summed E-state index contributed by atoms with van der Waals surface area (Å²) < 4.78 is 26.2. The number of sulfonamides is 1. The lowest BCUT2D eigenvalue weighted by Gasteiger charge is -2.11. The molecule has 0 aliphatic carbocycles. The highest BCUT2D eigenvalue weighted by atomic mass is 32.2. The van der Waals surface area contributed by atoms with Crippen molar-refractivity contribution in [2.45, 2.75) is 43.4 Å². The molecule has 23 heavy (non-hydrogen) atoms. The Labute approximate surface area is 140 Å². The van der Waals surface area contributed by atoms with Gasteiger partial charge in [-0.25, -0.2) is 13.1 Å². The Kier molecular flexibility index (Phi) is 8.21. The Hall–Kier alpha value is -1.45. The lowest BCUT2D eigenvalue weighted by Crippen LogP contribution is -2.36. The predicted molar refractivity (Wildman–Crippen MR) is 89.6 cm³/mol. The van der Waals surface area contributed by atoms with Gasteiger partial charge >= 0.3 is 0 Å². The first-order valence-corrected chi connectivity index (χ1v) is 9.80. The topological polar surface area (TPSA) is 104 Å². The van der Waals surface area contributed by atoms with Crippen molar-refractivity contribution >= 4 is 33.2 Å². The molecule has 1 aromatic rings. The van der Waals surface area contributed by atoms with Gasteiger partial charge in [0.1, 0.15) is 4.21 Å². The summed E-state index contributed by atoms with van der Waals surface area (Å²) in [5.74, 6) is -0.409. The maximum atomic E-state index is 11.8. The number of carbonyl (C=O) groups excluding carboxylic acids is 2. The molecule has 1 rings (SSSR count). The van der Waals surface area contributed by atoms with E-state index in [1.54, 1.807) is 11.4 Å². The van der Waals surface area contributed by atoms with Crippen LogP contribution in [0.2, 0.25) is 0 Å². The Morgan fingerprint density at radius 3 is 2.52 bits per heavy atom. The second-order valence-corrected chi connectivity index (χ2v) is 8.00. The lowest BCUT2D eigenvalue weighted by atomic mass is 10.2. The molecule has 1 atom stereocenters. The molecule has 9 heteroatoms. The predicted octanol–water partition coefficient (Wildman–Crippen LogP) is 0.838. The van der Waals surface area contributed by atoms with Crippen molar-refractivity contribution in [1.82, 2.24) is 15.4 Å². The highest BCUT2D eigenvalue weighted by Crippen LogP contribution is 2.14. The van der Waals surface area contributed by atoms with Crippen LogP contribution in [0.5, 0.6) is 0 Å². The maximum absolute atomic E-state index is 11.8. The van der Waals surface area contributed by atoms with E-state index in [1.165, 1.54) is 6.07 Å². The third kappa shape index (κ3) is 7.58. The van der Waals surface area contributed by atoms with E-state index in [2.05, 4.69) is 15.4 Å². The summed E-state index contributed by atoms with van der Waals surface area (Å²) in [5.41, 5.74) is 0. The zero-order valence-corrected chi connectivity index (χ0v) is 14.9. The van der Waals surface area contributed by atoms with Crippen molar-refractivity contribution in [2.75, 3.05) is 13.1 Å². The van der Waals surface area contributed by atoms with Crippen LogP contribution in [0.15, 0.2) is 21.7 Å². The number of carbonyl (C=O) groups is 2. The van der Waals surface area contributed by atoms with Crippen LogP contribution in [-0.2, 0) is 19.6 Å². The van der Waals surface area contributed by atoms with Gasteiger partial charge < -0.3 is 10.6 Å². The highest BCUT2D eigenvalue weighted by Gasteiger charge is 2.15. The van der Waals surface area contributed by atoms with Crippen LogP contribution in [-0.4, -0.2) is 39.4 Å². The SMILES string of the molecule is CC[C@H](C)NC(=O)CCNC(=O)CCNS(=O)(=O)c1cccs1. The Morgan fingerprint density at radius 1 is 1.22 bits per heavy atom. The summed E-state index contributed by atoms with van der Waals surface area (Å²) in [7, 11) is -3.54. The van der Waals surface area contributed by atoms with Gasteiger partial charge in [0.2, 0.25) is 21.8 Å². The van der Waals surface area contributed by atoms with Gasteiger partial charge in [-0.3, -0.25) is 9.59 Å². The summed E-state index contributed by atoms with van der Waals surface area (Å²) in [5, 5.41) is 7.07. The Bertz CT molecular complexity index is 600. The molecule has 0 radical (unpaired) electrons. The first-order chi connectivity index (χ1) is 10.8. The van der Waals surface area contributed by atoms with E-state index in [0.29, 0.717) is 0 Å². The van der Waals surface area contributed by atoms with Crippen LogP contribution in [0.3, 0.4) is 0 Å². The number of hydrogen-bond acceptors (Lipinski definition) is 5. The zero-order valence-electron chi connectivity index (χ0n) is 13.3. The third-order valence-corrected chi connectivity index (χ3v) is 5.96. The molecular weight excluding hydrogens is 338 g/mol. The molecule has 0 aliphatic heterocycles. The highest BCUT2D eigenvalue weighted by molar-refractivity contribution is 7.91. The number of amides is 2. The van der Waals surface area contributed by atoms with E-state index < -0.39 is 10.0 Å². The normalized spacial score (nSPS) is 12.6. The molecule has 1 aromatic heterocycles. The van der Waals surface area contributed by atoms with Gasteiger partial charge in [0.15, 0.2) is 0 Å². The van der Waals surface area contributed by atoms with Gasteiger partial charge in [-0.1, -0.05) is 13.0 Å². The van der Waals surface area contributed by atoms with Crippen molar-refractivity contribution in [3.63, 3.8) is 0 Å². The molecule has 0 aliphatic rings. The fourth-order valence-electron chi connectivity index (χ4n) is 1.64. The molecule has 0 fully saturated rings. The maximum Gasteiger partial charge on any atom is 0.250 e. The van der Waals surface area contributed by atoms with Crippen molar-refractivity contribution in [3.05, 3.63) is 17.5 Å². The van der Waals surface area contributed by atoms with Gasteiger partial charge in [-0.05, 0) is 24.8 Å². The molecule has 3 N–H and O–H groups in total. The quantitative estimate of drug-likeness (QED) is 0.574. The lowest BCUT2D eigenvalue weighted by molar-refractivity contribution is -0.122. The van der Waals surface area contributed by atoms with Crippen molar-refractivity contribution < 1.29 is 18.0 Å². The first-order valence-electron chi connectivity index (χ1n) is 7.44. The van der Waals surface area contributed by atoms with Crippen LogP contribution < -0.4 is 15.4 Å². The van der Waals surface area contributed by atoms with E-state index in [-0.39, 0.29) is 48.0 Å². The summed E-state index contributed by atoms with van der Waals surface area (Å²) in [6, 6.07) is 3.27. The summed E-state index contributed by atoms with van der Waals surface area (Å²) in [6.07, 6.45) is 1.08. The Balaban J connectivity index is 2.19. The number of thiophene rings is 1. The van der Waals surface area contributed by atoms with Crippen molar-refractivity contribution in [1.29, 1.82) is 0 Å². The van der Waals surface area contributed by atoms with Crippen molar-refractivity contribution in [2.24, 2.45) is 0 Å². The molecule has 0 unspecified atom stereocenters. The molecule has 1 heterocycles. The third-order valence-electron chi connectivity index (χ3n) is 3.10. The molecule has 0 spiro atoms. The van der Waals surface area contributed by atoms with Gasteiger partial charge in [0.05, 0.1) is 0 Å². The second kappa shape index (κ2) is 9.64. The average Bonchev–Trinajstić information content (AvgIpc) is 3.02. The molecule has 130 valence electrons. The largest absolute Gasteiger partial charge is 0.356 e. The van der Waals surface area contributed by atoms with Crippen molar-refractivity contribution in [3.8, 4) is 0 Å². The summed E-state index contributed by atoms with van der Waals surface area (Å²) >= 11 is 1.12. The second-order valence-electron chi connectivity index (χ2n) is 5.06. The minimum Gasteiger partial charge on any atom is -0.356 e. The minimum atomic E-state index is -3.54. The molecule has 2 amide bonds. The van der Waals surface area contributed by atoms with E-state index >= 15 is 0 Å². The molecule has 0 aromatic carbocycles. The number of hydrogen-bond donors (Lipinski definition) is 3. The molecule has 0 saturated carbocycles. The first kappa shape index (κ1) is 19.6. The van der Waals surface area contributed by atoms with Crippen LogP contribution in [0.1, 0.15) is 33.1 Å². The average molecular weight is 361 g/mol. The molecular formula is C14H23N3O4S2. The van der Waals surface area contributed by atoms with Crippen LogP contribution >= 0.6 is 11.3 Å². The van der Waals surface area contributed by atoms with Gasteiger partial charge in [-0.2, -0.15) is 0 Å². The number of nitrogens with one attached hydrogen (secondary N) is 3. The molecule has 0 saturated heterocycles. The smallest absolute Gasteiger partial charge is 0.250 e. The van der Waals surface area contributed by atoms with Gasteiger partial charge in [-0.15, -0.1) is 11.3 Å². The minimum absolute atomic E-state index is 0.0190. The van der Waals surface area contributed by atoms with Crippen LogP contribution in [0, 0.1) is 0 Å². The van der Waals surface area contributed by atoms with Gasteiger partial charge in [0, 0.05) is 32.0 Å². The fraction of sp³-hybridized carbons (Fsp3) is 0.571. The van der Waals surface area contributed by atoms with Crippen LogP contribution in [0.25, 0.3) is 0 Å². The monoisotopic (exact) mass is 361 g/mol. The zero-order chi connectivity index (χ0) is 17.3. The number of rotatable bonds is 10. The van der Waals surface area contributed by atoms with E-state index in [4.69, 9.17) is 0 Å². The fourth-order valence-corrected chi connectivity index (χ4v) is 3.71. The van der Waals surface area contributed by atoms with Gasteiger partial charge in [0.25, 0.3) is 0 Å². The van der Waals surface area contributed by atoms with Crippen LogP contribution in [0.4, 0.5) is 0 Å². The van der Waals surface area contributed by atoms with E-state index in [9.17, 15) is 18.0 Å². The van der Waals surface area contributed by atoms with E-state index in [0.717, 1.165) is 17.8 Å². The molecule has 7 nitrogen and oxygen atoms in total. The molecule has 0 bridgehead atoms. The summed E-state index contributed by atoms with van der Waals surface area (Å²) in [4.78, 5) is 23.1.